The van der Waals surface area contributed by atoms with Crippen LogP contribution in [-0.4, -0.2) is 71.3 Å². The first-order chi connectivity index (χ1) is 17.1. The van der Waals surface area contributed by atoms with E-state index in [2.05, 4.69) is 68.3 Å². The van der Waals surface area contributed by atoms with Crippen molar-refractivity contribution in [3.05, 3.63) is 65.4 Å². The molecule has 0 amide bonds. The number of β-amino-alcohol motifs (C(OH)–C–C–N with tert-alkyl or cyclic N) is 1. The number of nitrogens with zero attached hydrogens (tertiary/aromatic N) is 5. The molecule has 1 aromatic heterocycles. The van der Waals surface area contributed by atoms with Crippen LogP contribution in [0.5, 0.6) is 0 Å². The van der Waals surface area contributed by atoms with Gasteiger partial charge in [-0.2, -0.15) is 5.26 Å². The molecule has 4 heterocycles. The summed E-state index contributed by atoms with van der Waals surface area (Å²) in [5, 5.41) is 24.1. The fourth-order valence-electron chi connectivity index (χ4n) is 6.19. The summed E-state index contributed by atoms with van der Waals surface area (Å²) in [5.41, 5.74) is 6.64. The van der Waals surface area contributed by atoms with Crippen molar-refractivity contribution in [1.29, 1.82) is 5.26 Å². The van der Waals surface area contributed by atoms with Crippen LogP contribution in [0.4, 0.5) is 11.4 Å². The van der Waals surface area contributed by atoms with Gasteiger partial charge < -0.3 is 15.3 Å². The lowest BCUT2D eigenvalue weighted by Gasteiger charge is -2.43. The van der Waals surface area contributed by atoms with Crippen molar-refractivity contribution in [2.45, 2.75) is 38.1 Å². The first-order valence-electron chi connectivity index (χ1n) is 12.7. The molecule has 0 radical (unpaired) electrons. The number of hydrogen-bond donors (Lipinski definition) is 2. The van der Waals surface area contributed by atoms with Crippen LogP contribution in [0, 0.1) is 11.3 Å². The Morgan fingerprint density at radius 1 is 1.14 bits per heavy atom. The van der Waals surface area contributed by atoms with Gasteiger partial charge in [-0.25, -0.2) is 0 Å². The van der Waals surface area contributed by atoms with Gasteiger partial charge in [0.15, 0.2) is 0 Å². The molecule has 3 aliphatic heterocycles. The average molecular weight is 469 g/mol. The van der Waals surface area contributed by atoms with E-state index in [0.29, 0.717) is 17.6 Å². The summed E-state index contributed by atoms with van der Waals surface area (Å²) >= 11 is 0. The van der Waals surface area contributed by atoms with Crippen LogP contribution in [0.3, 0.4) is 0 Å². The molecular weight excluding hydrogens is 436 g/mol. The number of likely N-dealkylation sites (tertiary alicyclic amines) is 1. The Labute approximate surface area is 206 Å². The Balaban J connectivity index is 1.24. The van der Waals surface area contributed by atoms with Gasteiger partial charge in [-0.05, 0) is 54.8 Å². The number of nitriles is 1. The molecule has 7 nitrogen and oxygen atoms in total. The highest BCUT2D eigenvalue weighted by Crippen LogP contribution is 2.43. The minimum atomic E-state index is -0.166. The van der Waals surface area contributed by atoms with Crippen molar-refractivity contribution in [2.75, 3.05) is 49.5 Å². The predicted molar refractivity (Wildman–Crippen MR) is 138 cm³/mol. The van der Waals surface area contributed by atoms with Crippen molar-refractivity contribution in [3.8, 4) is 6.07 Å². The van der Waals surface area contributed by atoms with E-state index in [1.165, 1.54) is 16.8 Å². The molecule has 2 saturated heterocycles. The lowest BCUT2D eigenvalue weighted by molar-refractivity contribution is 0.134. The average Bonchev–Trinajstić information content (AvgIpc) is 3.47. The molecule has 3 aromatic rings. The highest BCUT2D eigenvalue weighted by Gasteiger charge is 2.40. The number of anilines is 2. The molecular formula is C28H32N6O. The van der Waals surface area contributed by atoms with E-state index < -0.39 is 0 Å². The SMILES string of the molecule is C[C@@H]1CN(c2ccc(C#N)c3ncccc23)C[C@@H]2c3cccc(NCCN4CC[C@H](O)C4)c3CN12. The van der Waals surface area contributed by atoms with E-state index in [1.54, 1.807) is 6.20 Å². The Morgan fingerprint density at radius 2 is 2.06 bits per heavy atom. The fourth-order valence-corrected chi connectivity index (χ4v) is 6.19. The molecule has 0 unspecified atom stereocenters. The number of piperazine rings is 1. The number of benzene rings is 2. The first kappa shape index (κ1) is 22.3. The second kappa shape index (κ2) is 9.12. The number of hydrogen-bond acceptors (Lipinski definition) is 7. The third-order valence-corrected chi connectivity index (χ3v) is 7.96. The van der Waals surface area contributed by atoms with Crippen LogP contribution in [0.15, 0.2) is 48.7 Å². The molecule has 2 N–H and O–H groups in total. The number of fused-ring (bicyclic) bond motifs is 4. The van der Waals surface area contributed by atoms with Gasteiger partial charge in [0.2, 0.25) is 0 Å². The Bertz CT molecular complexity index is 1290. The maximum absolute atomic E-state index is 9.79. The monoisotopic (exact) mass is 468 g/mol. The normalized spacial score (nSPS) is 24.4. The molecule has 2 aromatic carbocycles. The minimum absolute atomic E-state index is 0.166. The van der Waals surface area contributed by atoms with E-state index >= 15 is 0 Å². The molecule has 0 spiro atoms. The number of nitrogens with one attached hydrogen (secondary N) is 1. The van der Waals surface area contributed by atoms with Crippen molar-refractivity contribution in [1.82, 2.24) is 14.8 Å². The van der Waals surface area contributed by atoms with Crippen LogP contribution in [0.1, 0.15) is 36.1 Å². The molecule has 7 heteroatoms. The standard InChI is InChI=1S/C28H32N6O/c1-19-15-33(26-8-7-20(14-29)28-23(26)5-3-10-31-28)18-27-22-4-2-6-25(24(22)17-34(19)27)30-11-13-32-12-9-21(35)16-32/h2-8,10,19,21,27,30,35H,9,11-13,15-18H2,1H3/t19-,21+,27-/m1/s1. The second-order valence-corrected chi connectivity index (χ2v) is 10.1. The van der Waals surface area contributed by atoms with Gasteiger partial charge in [0.25, 0.3) is 0 Å². The van der Waals surface area contributed by atoms with E-state index in [4.69, 9.17) is 0 Å². The van der Waals surface area contributed by atoms with Crippen LogP contribution in [0.2, 0.25) is 0 Å². The van der Waals surface area contributed by atoms with Crippen LogP contribution in [0.25, 0.3) is 10.9 Å². The minimum Gasteiger partial charge on any atom is -0.392 e. The zero-order valence-electron chi connectivity index (χ0n) is 20.2. The molecule has 0 saturated carbocycles. The Hall–Kier alpha value is -3.18. The largest absolute Gasteiger partial charge is 0.392 e. The highest BCUT2D eigenvalue weighted by atomic mass is 16.3. The third-order valence-electron chi connectivity index (χ3n) is 7.96. The molecule has 2 fully saturated rings. The van der Waals surface area contributed by atoms with Gasteiger partial charge in [0.1, 0.15) is 6.07 Å². The molecule has 0 bridgehead atoms. The summed E-state index contributed by atoms with van der Waals surface area (Å²) in [7, 11) is 0. The number of pyridine rings is 1. The summed E-state index contributed by atoms with van der Waals surface area (Å²) < 4.78 is 0. The number of aromatic nitrogens is 1. The zero-order valence-corrected chi connectivity index (χ0v) is 20.2. The maximum atomic E-state index is 9.79. The van der Waals surface area contributed by atoms with Crippen LogP contribution >= 0.6 is 0 Å². The molecule has 3 atom stereocenters. The van der Waals surface area contributed by atoms with Crippen molar-refractivity contribution in [2.24, 2.45) is 0 Å². The lowest BCUT2D eigenvalue weighted by Crippen LogP contribution is -2.51. The molecule has 6 rings (SSSR count). The number of aliphatic hydroxyl groups excluding tert-OH is 1. The van der Waals surface area contributed by atoms with Gasteiger partial charge in [-0.15, -0.1) is 0 Å². The van der Waals surface area contributed by atoms with Crippen molar-refractivity contribution < 1.29 is 5.11 Å². The van der Waals surface area contributed by atoms with Gasteiger partial charge in [-0.1, -0.05) is 12.1 Å². The molecule has 3 aliphatic rings. The van der Waals surface area contributed by atoms with Crippen LogP contribution in [-0.2, 0) is 6.54 Å². The maximum Gasteiger partial charge on any atom is 0.101 e. The predicted octanol–water partition coefficient (Wildman–Crippen LogP) is 3.35. The summed E-state index contributed by atoms with van der Waals surface area (Å²) in [4.78, 5) is 12.0. The first-order valence-corrected chi connectivity index (χ1v) is 12.7. The van der Waals surface area contributed by atoms with Crippen LogP contribution < -0.4 is 10.2 Å². The summed E-state index contributed by atoms with van der Waals surface area (Å²) in [6.07, 6.45) is 2.48. The Kier molecular flexibility index (Phi) is 5.81. The molecule has 35 heavy (non-hydrogen) atoms. The summed E-state index contributed by atoms with van der Waals surface area (Å²) in [5.74, 6) is 0. The van der Waals surface area contributed by atoms with E-state index in [1.807, 2.05) is 12.1 Å². The highest BCUT2D eigenvalue weighted by molar-refractivity contribution is 5.95. The van der Waals surface area contributed by atoms with Gasteiger partial charge in [0.05, 0.1) is 23.2 Å². The number of aliphatic hydroxyl groups is 1. The topological polar surface area (TPSA) is 78.7 Å². The molecule has 180 valence electrons. The lowest BCUT2D eigenvalue weighted by atomic mass is 9.99. The second-order valence-electron chi connectivity index (χ2n) is 10.1. The zero-order chi connectivity index (χ0) is 23.9. The smallest absolute Gasteiger partial charge is 0.101 e. The summed E-state index contributed by atoms with van der Waals surface area (Å²) in [6, 6.07) is 17.7. The molecule has 0 aliphatic carbocycles. The van der Waals surface area contributed by atoms with Crippen molar-refractivity contribution >= 4 is 22.3 Å². The summed E-state index contributed by atoms with van der Waals surface area (Å²) in [6.45, 7) is 8.77. The Morgan fingerprint density at radius 3 is 2.89 bits per heavy atom. The van der Waals surface area contributed by atoms with Crippen molar-refractivity contribution in [3.63, 3.8) is 0 Å². The van der Waals surface area contributed by atoms with E-state index in [9.17, 15) is 10.4 Å². The van der Waals surface area contributed by atoms with Gasteiger partial charge in [0, 0.05) is 74.8 Å². The number of rotatable bonds is 5. The quantitative estimate of drug-likeness (QED) is 0.595. The fraction of sp³-hybridized carbons (Fsp3) is 0.429. The van der Waals surface area contributed by atoms with Gasteiger partial charge >= 0.3 is 0 Å². The van der Waals surface area contributed by atoms with E-state index in [0.717, 1.165) is 68.8 Å². The van der Waals surface area contributed by atoms with Gasteiger partial charge in [-0.3, -0.25) is 14.8 Å². The van der Waals surface area contributed by atoms with E-state index in [-0.39, 0.29) is 6.10 Å². The third kappa shape index (κ3) is 4.02.